The average molecular weight is 436 g/mol. The molecule has 0 aliphatic carbocycles. The Morgan fingerprint density at radius 1 is 1.28 bits per heavy atom. The van der Waals surface area contributed by atoms with E-state index in [9.17, 15) is 9.59 Å². The highest BCUT2D eigenvalue weighted by Gasteiger charge is 2.24. The van der Waals surface area contributed by atoms with Crippen LogP contribution in [0.4, 0.5) is 0 Å². The van der Waals surface area contributed by atoms with E-state index in [0.29, 0.717) is 17.5 Å². The Morgan fingerprint density at radius 2 is 2.07 bits per heavy atom. The van der Waals surface area contributed by atoms with Crippen LogP contribution in [0, 0.1) is 6.92 Å². The van der Waals surface area contributed by atoms with Crippen LogP contribution in [0.5, 0.6) is 0 Å². The van der Waals surface area contributed by atoms with Crippen molar-refractivity contribution in [2.45, 2.75) is 70.2 Å². The number of ether oxygens (including phenoxy) is 1. The van der Waals surface area contributed by atoms with Crippen LogP contribution in [0.3, 0.4) is 0 Å². The van der Waals surface area contributed by atoms with Gasteiger partial charge in [0.25, 0.3) is 5.56 Å². The van der Waals surface area contributed by atoms with Crippen molar-refractivity contribution in [3.05, 3.63) is 20.8 Å². The Bertz CT molecular complexity index is 941. The quantitative estimate of drug-likeness (QED) is 0.512. The zero-order valence-corrected chi connectivity index (χ0v) is 18.9. The summed E-state index contributed by atoms with van der Waals surface area (Å²) in [5.41, 5.74) is 1.11. The first kappa shape index (κ1) is 20.9. The van der Waals surface area contributed by atoms with Gasteiger partial charge in [0.15, 0.2) is 5.16 Å². The number of thioether (sulfide) groups is 1. The van der Waals surface area contributed by atoms with Crippen molar-refractivity contribution >= 4 is 39.2 Å². The van der Waals surface area contributed by atoms with Gasteiger partial charge < -0.3 is 9.64 Å². The number of hydrogen-bond acceptors (Lipinski definition) is 6. The summed E-state index contributed by atoms with van der Waals surface area (Å²) >= 11 is 2.98. The number of rotatable bonds is 6. The number of carbonyl (C=O) groups excluding carboxylic acids is 1. The van der Waals surface area contributed by atoms with E-state index in [1.165, 1.54) is 18.2 Å². The third-order valence-electron chi connectivity index (χ3n) is 5.87. The van der Waals surface area contributed by atoms with E-state index in [2.05, 4.69) is 13.8 Å². The molecule has 2 aliphatic heterocycles. The topological polar surface area (TPSA) is 64.4 Å². The van der Waals surface area contributed by atoms with Crippen molar-refractivity contribution in [1.29, 1.82) is 0 Å². The van der Waals surface area contributed by atoms with E-state index >= 15 is 0 Å². The van der Waals surface area contributed by atoms with Crippen molar-refractivity contribution in [2.24, 2.45) is 0 Å². The van der Waals surface area contributed by atoms with Crippen molar-refractivity contribution in [3.8, 4) is 0 Å². The van der Waals surface area contributed by atoms with Crippen molar-refractivity contribution in [3.63, 3.8) is 0 Å². The molecule has 4 rings (SSSR count). The molecular formula is C21H29N3O3S2. The van der Waals surface area contributed by atoms with E-state index in [4.69, 9.17) is 9.72 Å². The Morgan fingerprint density at radius 3 is 2.76 bits per heavy atom. The largest absolute Gasteiger partial charge is 0.376 e. The number of likely N-dealkylation sites (tertiary alicyclic amines) is 1. The summed E-state index contributed by atoms with van der Waals surface area (Å²) in [4.78, 5) is 34.8. The predicted octanol–water partition coefficient (Wildman–Crippen LogP) is 3.61. The maximum absolute atomic E-state index is 13.4. The lowest BCUT2D eigenvalue weighted by atomic mass is 10.1. The molecule has 29 heavy (non-hydrogen) atoms. The molecule has 2 aromatic heterocycles. The van der Waals surface area contributed by atoms with Crippen LogP contribution >= 0.6 is 23.1 Å². The lowest BCUT2D eigenvalue weighted by Gasteiger charge is -2.26. The van der Waals surface area contributed by atoms with Crippen LogP contribution in [0.2, 0.25) is 0 Å². The van der Waals surface area contributed by atoms with Crippen LogP contribution in [-0.2, 0) is 22.5 Å². The minimum atomic E-state index is 0.0135. The van der Waals surface area contributed by atoms with E-state index < -0.39 is 0 Å². The van der Waals surface area contributed by atoms with Crippen LogP contribution < -0.4 is 5.56 Å². The van der Waals surface area contributed by atoms with Gasteiger partial charge in [-0.3, -0.25) is 14.2 Å². The van der Waals surface area contributed by atoms with Gasteiger partial charge in [0.2, 0.25) is 5.91 Å². The normalized spacial score (nSPS) is 19.9. The van der Waals surface area contributed by atoms with E-state index in [-0.39, 0.29) is 17.6 Å². The molecule has 8 heteroatoms. The number of piperidine rings is 1. The highest BCUT2D eigenvalue weighted by molar-refractivity contribution is 7.99. The second-order valence-corrected chi connectivity index (χ2v) is 9.99. The number of hydrogen-bond donors (Lipinski definition) is 0. The van der Waals surface area contributed by atoms with Gasteiger partial charge in [-0.05, 0) is 51.0 Å². The second kappa shape index (κ2) is 9.18. The average Bonchev–Trinajstić information content (AvgIpc) is 3.36. The second-order valence-electron chi connectivity index (χ2n) is 7.85. The molecule has 2 saturated heterocycles. The molecule has 0 saturated carbocycles. The number of aryl methyl sites for hydroxylation is 2. The van der Waals surface area contributed by atoms with Crippen molar-refractivity contribution in [1.82, 2.24) is 14.5 Å². The summed E-state index contributed by atoms with van der Waals surface area (Å²) in [6.07, 6.45) is 6.23. The third-order valence-corrected chi connectivity index (χ3v) is 7.88. The molecule has 4 heterocycles. The lowest BCUT2D eigenvalue weighted by Crippen LogP contribution is -2.37. The smallest absolute Gasteiger partial charge is 0.263 e. The lowest BCUT2D eigenvalue weighted by molar-refractivity contribution is -0.129. The Labute approximate surface area is 179 Å². The van der Waals surface area contributed by atoms with E-state index in [0.717, 1.165) is 72.5 Å². The van der Waals surface area contributed by atoms with Gasteiger partial charge in [-0.25, -0.2) is 4.98 Å². The standard InChI is InChI=1S/C21H29N3O3S2/c1-3-16-14(2)29-19-18(16)20(26)24(12-15-8-7-11-27-15)21(22-19)28-13-17(25)23-9-5-4-6-10-23/h15H,3-13H2,1-2H3. The van der Waals surface area contributed by atoms with Gasteiger partial charge >= 0.3 is 0 Å². The first-order valence-electron chi connectivity index (χ1n) is 10.6. The molecule has 0 N–H and O–H groups in total. The molecule has 1 atom stereocenters. The first-order chi connectivity index (χ1) is 14.1. The van der Waals surface area contributed by atoms with Gasteiger partial charge in [0.1, 0.15) is 4.83 Å². The number of aromatic nitrogens is 2. The van der Waals surface area contributed by atoms with Gasteiger partial charge in [-0.15, -0.1) is 11.3 Å². The van der Waals surface area contributed by atoms with Crippen molar-refractivity contribution < 1.29 is 9.53 Å². The highest BCUT2D eigenvalue weighted by atomic mass is 32.2. The fourth-order valence-corrected chi connectivity index (χ4v) is 6.35. The fraction of sp³-hybridized carbons (Fsp3) is 0.667. The summed E-state index contributed by atoms with van der Waals surface area (Å²) < 4.78 is 7.55. The molecule has 0 radical (unpaired) electrons. The number of thiophene rings is 1. The molecular weight excluding hydrogens is 406 g/mol. The number of amides is 1. The van der Waals surface area contributed by atoms with Gasteiger partial charge in [0, 0.05) is 24.6 Å². The molecule has 158 valence electrons. The Kier molecular flexibility index (Phi) is 6.61. The summed E-state index contributed by atoms with van der Waals surface area (Å²) in [6.45, 7) is 7.10. The molecule has 2 aromatic rings. The minimum Gasteiger partial charge on any atom is -0.376 e. The monoisotopic (exact) mass is 435 g/mol. The molecule has 1 unspecified atom stereocenters. The van der Waals surface area contributed by atoms with Crippen LogP contribution in [0.25, 0.3) is 10.2 Å². The van der Waals surface area contributed by atoms with E-state index in [1.54, 1.807) is 15.9 Å². The molecule has 0 spiro atoms. The molecule has 0 bridgehead atoms. The fourth-order valence-electron chi connectivity index (χ4n) is 4.28. The number of carbonyl (C=O) groups is 1. The first-order valence-corrected chi connectivity index (χ1v) is 12.4. The maximum Gasteiger partial charge on any atom is 0.263 e. The van der Waals surface area contributed by atoms with Crippen LogP contribution in [0.15, 0.2) is 9.95 Å². The van der Waals surface area contributed by atoms with E-state index in [1.807, 2.05) is 4.90 Å². The Balaban J connectivity index is 1.65. The minimum absolute atomic E-state index is 0.0135. The summed E-state index contributed by atoms with van der Waals surface area (Å²) in [6, 6.07) is 0. The Hall–Kier alpha value is -1.38. The molecule has 2 fully saturated rings. The van der Waals surface area contributed by atoms with Gasteiger partial charge in [0.05, 0.1) is 23.8 Å². The highest BCUT2D eigenvalue weighted by Crippen LogP contribution is 2.30. The predicted molar refractivity (Wildman–Crippen MR) is 118 cm³/mol. The summed E-state index contributed by atoms with van der Waals surface area (Å²) in [5, 5.41) is 1.40. The SMILES string of the molecule is CCc1c(C)sc2nc(SCC(=O)N3CCCCC3)n(CC3CCCO3)c(=O)c12. The van der Waals surface area contributed by atoms with Crippen LogP contribution in [-0.4, -0.2) is 51.9 Å². The maximum atomic E-state index is 13.4. The molecule has 1 amide bonds. The van der Waals surface area contributed by atoms with Gasteiger partial charge in [-0.2, -0.15) is 0 Å². The zero-order chi connectivity index (χ0) is 20.4. The summed E-state index contributed by atoms with van der Waals surface area (Å²) in [5.74, 6) is 0.471. The zero-order valence-electron chi connectivity index (χ0n) is 17.2. The molecule has 6 nitrogen and oxygen atoms in total. The van der Waals surface area contributed by atoms with Crippen molar-refractivity contribution in [2.75, 3.05) is 25.4 Å². The van der Waals surface area contributed by atoms with Gasteiger partial charge in [-0.1, -0.05) is 18.7 Å². The molecule has 0 aromatic carbocycles. The summed E-state index contributed by atoms with van der Waals surface area (Å²) in [7, 11) is 0. The number of nitrogens with zero attached hydrogens (tertiary/aromatic N) is 3. The van der Waals surface area contributed by atoms with Crippen LogP contribution in [0.1, 0.15) is 49.5 Å². The molecule has 2 aliphatic rings. The number of fused-ring (bicyclic) bond motifs is 1. The third kappa shape index (κ3) is 4.39.